The molecular formula is C19H22N2O3S. The van der Waals surface area contributed by atoms with Crippen molar-refractivity contribution in [2.75, 3.05) is 11.9 Å². The third-order valence-electron chi connectivity index (χ3n) is 3.22. The normalized spacial score (nSPS) is 10.5. The summed E-state index contributed by atoms with van der Waals surface area (Å²) in [5.74, 6) is 0.0551. The summed E-state index contributed by atoms with van der Waals surface area (Å²) in [6, 6.07) is 14.5. The fourth-order valence-electron chi connectivity index (χ4n) is 2.06. The van der Waals surface area contributed by atoms with Gasteiger partial charge in [-0.1, -0.05) is 13.8 Å². The Kier molecular flexibility index (Phi) is 6.89. The van der Waals surface area contributed by atoms with Gasteiger partial charge in [0.25, 0.3) is 5.91 Å². The maximum atomic E-state index is 12.3. The Hall–Kier alpha value is -2.47. The minimum atomic E-state index is -0.401. The number of anilines is 1. The Bertz CT molecular complexity index is 712. The third kappa shape index (κ3) is 6.51. The van der Waals surface area contributed by atoms with Crippen LogP contribution in [0.3, 0.4) is 0 Å². The lowest BCUT2D eigenvalue weighted by Crippen LogP contribution is -2.14. The molecule has 0 aliphatic rings. The molecule has 2 aromatic rings. The van der Waals surface area contributed by atoms with E-state index in [-0.39, 0.29) is 18.9 Å². The van der Waals surface area contributed by atoms with Crippen molar-refractivity contribution in [3.8, 4) is 5.75 Å². The second kappa shape index (κ2) is 9.13. The molecule has 0 aliphatic heterocycles. The van der Waals surface area contributed by atoms with Crippen molar-refractivity contribution in [2.45, 2.75) is 30.4 Å². The fraction of sp³-hybridized carbons (Fsp3) is 0.263. The summed E-state index contributed by atoms with van der Waals surface area (Å²) in [5, 5.41) is 3.35. The molecule has 0 bridgehead atoms. The number of primary amides is 1. The maximum absolute atomic E-state index is 12.3. The van der Waals surface area contributed by atoms with Gasteiger partial charge in [0, 0.05) is 21.4 Å². The molecule has 0 saturated heterocycles. The first-order chi connectivity index (χ1) is 11.9. The van der Waals surface area contributed by atoms with Gasteiger partial charge in [0.15, 0.2) is 0 Å². The number of benzene rings is 2. The molecule has 2 rings (SSSR count). The second-order valence-electron chi connectivity index (χ2n) is 5.73. The van der Waals surface area contributed by atoms with E-state index in [1.54, 1.807) is 36.0 Å². The molecule has 0 saturated carbocycles. The largest absolute Gasteiger partial charge is 0.493 e. The molecule has 0 atom stereocenters. The molecular weight excluding hydrogens is 336 g/mol. The Morgan fingerprint density at radius 1 is 1.08 bits per heavy atom. The van der Waals surface area contributed by atoms with Crippen LogP contribution in [-0.4, -0.2) is 23.7 Å². The van der Waals surface area contributed by atoms with Crippen molar-refractivity contribution in [2.24, 2.45) is 5.73 Å². The molecule has 0 heterocycles. The number of hydrogen-bond acceptors (Lipinski definition) is 4. The van der Waals surface area contributed by atoms with Crippen LogP contribution in [0.4, 0.5) is 5.69 Å². The van der Waals surface area contributed by atoms with Gasteiger partial charge in [0.2, 0.25) is 5.91 Å². The van der Waals surface area contributed by atoms with Crippen LogP contribution in [0, 0.1) is 0 Å². The summed E-state index contributed by atoms with van der Waals surface area (Å²) in [6.07, 6.45) is 0.170. The number of thioether (sulfide) groups is 1. The predicted molar refractivity (Wildman–Crippen MR) is 101 cm³/mol. The molecule has 0 unspecified atom stereocenters. The van der Waals surface area contributed by atoms with E-state index in [2.05, 4.69) is 19.2 Å². The highest BCUT2D eigenvalue weighted by molar-refractivity contribution is 7.99. The number of nitrogens with two attached hydrogens (primary N) is 1. The Labute approximate surface area is 151 Å². The summed E-state index contributed by atoms with van der Waals surface area (Å²) in [5.41, 5.74) is 6.34. The maximum Gasteiger partial charge on any atom is 0.255 e. The highest BCUT2D eigenvalue weighted by atomic mass is 32.2. The van der Waals surface area contributed by atoms with Crippen LogP contribution in [0.5, 0.6) is 5.75 Å². The molecule has 5 nitrogen and oxygen atoms in total. The molecule has 0 aliphatic carbocycles. The van der Waals surface area contributed by atoms with Crippen molar-refractivity contribution in [1.82, 2.24) is 0 Å². The summed E-state index contributed by atoms with van der Waals surface area (Å²) in [4.78, 5) is 24.1. The zero-order valence-electron chi connectivity index (χ0n) is 14.3. The van der Waals surface area contributed by atoms with E-state index < -0.39 is 5.91 Å². The molecule has 2 amide bonds. The van der Waals surface area contributed by atoms with Crippen LogP contribution in [0.1, 0.15) is 30.6 Å². The molecule has 2 aromatic carbocycles. The van der Waals surface area contributed by atoms with Gasteiger partial charge < -0.3 is 15.8 Å². The number of nitrogens with one attached hydrogen (secondary N) is 1. The predicted octanol–water partition coefficient (Wildman–Crippen LogP) is 3.69. The number of carbonyl (C=O) groups is 2. The monoisotopic (exact) mass is 358 g/mol. The molecule has 0 radical (unpaired) electrons. The third-order valence-corrected chi connectivity index (χ3v) is 4.23. The zero-order valence-corrected chi connectivity index (χ0v) is 15.1. The molecule has 25 heavy (non-hydrogen) atoms. The Morgan fingerprint density at radius 3 is 2.28 bits per heavy atom. The minimum Gasteiger partial charge on any atom is -0.493 e. The molecule has 6 heteroatoms. The highest BCUT2D eigenvalue weighted by Gasteiger charge is 2.07. The zero-order chi connectivity index (χ0) is 18.2. The topological polar surface area (TPSA) is 81.4 Å². The van der Waals surface area contributed by atoms with Crippen LogP contribution >= 0.6 is 11.8 Å². The lowest BCUT2D eigenvalue weighted by molar-refractivity contribution is -0.118. The van der Waals surface area contributed by atoms with Crippen LogP contribution in [-0.2, 0) is 4.79 Å². The van der Waals surface area contributed by atoms with Gasteiger partial charge in [-0.3, -0.25) is 9.59 Å². The van der Waals surface area contributed by atoms with Gasteiger partial charge in [-0.2, -0.15) is 0 Å². The van der Waals surface area contributed by atoms with Gasteiger partial charge in [0.1, 0.15) is 5.75 Å². The van der Waals surface area contributed by atoms with Crippen molar-refractivity contribution in [1.29, 1.82) is 0 Å². The summed E-state index contributed by atoms with van der Waals surface area (Å²) in [7, 11) is 0. The quantitative estimate of drug-likeness (QED) is 0.705. The number of carbonyl (C=O) groups excluding carboxylic acids is 2. The average molecular weight is 358 g/mol. The second-order valence-corrected chi connectivity index (χ2v) is 7.38. The van der Waals surface area contributed by atoms with E-state index in [1.165, 1.54) is 0 Å². The van der Waals surface area contributed by atoms with Crippen molar-refractivity contribution in [3.05, 3.63) is 54.1 Å². The van der Waals surface area contributed by atoms with Crippen LogP contribution in [0.15, 0.2) is 53.4 Å². The Morgan fingerprint density at radius 2 is 1.72 bits per heavy atom. The lowest BCUT2D eigenvalue weighted by atomic mass is 10.2. The van der Waals surface area contributed by atoms with Gasteiger partial charge in [-0.15, -0.1) is 11.8 Å². The van der Waals surface area contributed by atoms with E-state index in [9.17, 15) is 9.59 Å². The number of hydrogen-bond donors (Lipinski definition) is 2. The standard InChI is InChI=1S/C19H22N2O3S/c1-13(2)25-17-9-3-14(4-10-17)19(23)21-15-5-7-16(8-6-15)24-12-11-18(20)22/h3-10,13H,11-12H2,1-2H3,(H2,20,22)(H,21,23). The summed E-state index contributed by atoms with van der Waals surface area (Å²) >= 11 is 1.76. The van der Waals surface area contributed by atoms with Crippen LogP contribution in [0.25, 0.3) is 0 Å². The molecule has 132 valence electrons. The fourth-order valence-corrected chi connectivity index (χ4v) is 2.90. The van der Waals surface area contributed by atoms with E-state index in [1.807, 2.05) is 24.3 Å². The van der Waals surface area contributed by atoms with E-state index in [0.717, 1.165) is 4.90 Å². The van der Waals surface area contributed by atoms with Crippen LogP contribution < -0.4 is 15.8 Å². The molecule has 0 fully saturated rings. The first kappa shape index (κ1) is 18.9. The summed E-state index contributed by atoms with van der Waals surface area (Å²) < 4.78 is 5.39. The highest BCUT2D eigenvalue weighted by Crippen LogP contribution is 2.23. The van der Waals surface area contributed by atoms with Gasteiger partial charge in [-0.05, 0) is 48.5 Å². The minimum absolute atomic E-state index is 0.163. The Balaban J connectivity index is 1.90. The van der Waals surface area contributed by atoms with E-state index in [0.29, 0.717) is 22.3 Å². The first-order valence-corrected chi connectivity index (χ1v) is 8.91. The van der Waals surface area contributed by atoms with Gasteiger partial charge in [-0.25, -0.2) is 0 Å². The van der Waals surface area contributed by atoms with Gasteiger partial charge in [0.05, 0.1) is 13.0 Å². The van der Waals surface area contributed by atoms with E-state index in [4.69, 9.17) is 10.5 Å². The lowest BCUT2D eigenvalue weighted by Gasteiger charge is -2.09. The molecule has 0 spiro atoms. The van der Waals surface area contributed by atoms with Crippen molar-refractivity contribution >= 4 is 29.3 Å². The SMILES string of the molecule is CC(C)Sc1ccc(C(=O)Nc2ccc(OCCC(N)=O)cc2)cc1. The smallest absolute Gasteiger partial charge is 0.255 e. The number of amides is 2. The van der Waals surface area contributed by atoms with Gasteiger partial charge >= 0.3 is 0 Å². The van der Waals surface area contributed by atoms with Crippen molar-refractivity contribution < 1.29 is 14.3 Å². The molecule has 3 N–H and O–H groups in total. The average Bonchev–Trinajstić information content (AvgIpc) is 2.56. The number of rotatable bonds is 8. The van der Waals surface area contributed by atoms with E-state index >= 15 is 0 Å². The molecule has 0 aromatic heterocycles. The summed E-state index contributed by atoms with van der Waals surface area (Å²) in [6.45, 7) is 4.50. The first-order valence-electron chi connectivity index (χ1n) is 8.03. The number of ether oxygens (including phenoxy) is 1. The van der Waals surface area contributed by atoms with Crippen molar-refractivity contribution in [3.63, 3.8) is 0 Å². The van der Waals surface area contributed by atoms with Crippen LogP contribution in [0.2, 0.25) is 0 Å².